The molecule has 154 valence electrons. The standard InChI is InChI=1S/C19H23N5O5/c1-29-16(27)19-6-3-18(4-7-19,5-8-19)11-20-17(28)23-14-10-12(15(25)26)22-13-2-9-21-24(13)14/h2,9-10H,3-8,11H2,1H3,(H,25,26)(H2,20,23,28). The van der Waals surface area contributed by atoms with Crippen LogP contribution in [0, 0.1) is 10.8 Å². The molecule has 10 nitrogen and oxygen atoms in total. The van der Waals surface area contributed by atoms with E-state index in [1.54, 1.807) is 6.07 Å². The van der Waals surface area contributed by atoms with Gasteiger partial charge in [0.25, 0.3) is 0 Å². The highest BCUT2D eigenvalue weighted by molar-refractivity contribution is 5.92. The Morgan fingerprint density at radius 1 is 1.21 bits per heavy atom. The lowest BCUT2D eigenvalue weighted by Crippen LogP contribution is -2.51. The fourth-order valence-electron chi connectivity index (χ4n) is 4.59. The van der Waals surface area contributed by atoms with E-state index < -0.39 is 12.0 Å². The number of carboxylic acids is 1. The number of hydrogen-bond donors (Lipinski definition) is 3. The molecule has 2 aromatic rings. The summed E-state index contributed by atoms with van der Waals surface area (Å²) < 4.78 is 6.36. The SMILES string of the molecule is COC(=O)C12CCC(CNC(=O)Nc3cc(C(=O)O)nc4ccnn34)(CC1)CC2. The molecule has 0 aliphatic heterocycles. The number of methoxy groups -OCH3 is 1. The van der Waals surface area contributed by atoms with Gasteiger partial charge in [-0.05, 0) is 43.9 Å². The van der Waals surface area contributed by atoms with E-state index in [4.69, 9.17) is 4.74 Å². The van der Waals surface area contributed by atoms with Crippen LogP contribution in [0.1, 0.15) is 49.0 Å². The Kier molecular flexibility index (Phi) is 4.64. The minimum absolute atomic E-state index is 0.0153. The van der Waals surface area contributed by atoms with Crippen molar-refractivity contribution in [2.45, 2.75) is 38.5 Å². The summed E-state index contributed by atoms with van der Waals surface area (Å²) >= 11 is 0. The number of carboxylic acid groups (broad SMARTS) is 1. The Labute approximate surface area is 166 Å². The highest BCUT2D eigenvalue weighted by Gasteiger charge is 2.52. The van der Waals surface area contributed by atoms with Crippen molar-refractivity contribution < 1.29 is 24.2 Å². The number of urea groups is 1. The predicted octanol–water partition coefficient (Wildman–Crippen LogP) is 2.06. The van der Waals surface area contributed by atoms with Gasteiger partial charge in [-0.25, -0.2) is 14.6 Å². The molecule has 10 heteroatoms. The fraction of sp³-hybridized carbons (Fsp3) is 0.526. The third-order valence-corrected chi connectivity index (χ3v) is 6.46. The van der Waals surface area contributed by atoms with Crippen LogP contribution in [0.25, 0.3) is 5.65 Å². The number of nitrogens with one attached hydrogen (secondary N) is 2. The van der Waals surface area contributed by atoms with Gasteiger partial charge in [-0.3, -0.25) is 10.1 Å². The Hall–Kier alpha value is -3.17. The molecule has 2 amide bonds. The number of amides is 2. The molecule has 2 bridgehead atoms. The average Bonchev–Trinajstić information content (AvgIpc) is 3.22. The minimum atomic E-state index is -1.19. The average molecular weight is 401 g/mol. The number of carbonyl (C=O) groups excluding carboxylic acids is 2. The largest absolute Gasteiger partial charge is 0.477 e. The lowest BCUT2D eigenvalue weighted by atomic mass is 9.53. The zero-order valence-corrected chi connectivity index (χ0v) is 16.1. The molecule has 29 heavy (non-hydrogen) atoms. The van der Waals surface area contributed by atoms with E-state index in [9.17, 15) is 19.5 Å². The van der Waals surface area contributed by atoms with Crippen molar-refractivity contribution in [3.8, 4) is 0 Å². The van der Waals surface area contributed by atoms with Gasteiger partial charge in [-0.1, -0.05) is 0 Å². The number of aromatic carboxylic acids is 1. The van der Waals surface area contributed by atoms with E-state index in [0.717, 1.165) is 38.5 Å². The highest BCUT2D eigenvalue weighted by atomic mass is 16.5. The molecule has 3 saturated carbocycles. The van der Waals surface area contributed by atoms with Gasteiger partial charge in [0.15, 0.2) is 11.3 Å². The van der Waals surface area contributed by atoms with Crippen molar-refractivity contribution >= 4 is 29.4 Å². The summed E-state index contributed by atoms with van der Waals surface area (Å²) in [6.45, 7) is 0.495. The van der Waals surface area contributed by atoms with Gasteiger partial charge in [0.05, 0.1) is 18.7 Å². The van der Waals surface area contributed by atoms with E-state index >= 15 is 0 Å². The molecule has 0 unspecified atom stereocenters. The second kappa shape index (κ2) is 7.02. The van der Waals surface area contributed by atoms with E-state index in [-0.39, 0.29) is 28.3 Å². The van der Waals surface area contributed by atoms with Crippen molar-refractivity contribution in [3.05, 3.63) is 24.0 Å². The van der Waals surface area contributed by atoms with Crippen LogP contribution in [0.2, 0.25) is 0 Å². The van der Waals surface area contributed by atoms with Gasteiger partial charge in [0.1, 0.15) is 5.82 Å². The highest BCUT2D eigenvalue weighted by Crippen LogP contribution is 2.57. The molecule has 2 aromatic heterocycles. The van der Waals surface area contributed by atoms with Crippen LogP contribution in [0.3, 0.4) is 0 Å². The smallest absolute Gasteiger partial charge is 0.354 e. The topological polar surface area (TPSA) is 135 Å². The summed E-state index contributed by atoms with van der Waals surface area (Å²) in [7, 11) is 1.44. The third-order valence-electron chi connectivity index (χ3n) is 6.46. The molecular weight excluding hydrogens is 378 g/mol. The molecule has 3 fully saturated rings. The number of hydrogen-bond acceptors (Lipinski definition) is 6. The summed E-state index contributed by atoms with van der Waals surface area (Å²) in [5.74, 6) is -1.08. The Morgan fingerprint density at radius 2 is 1.90 bits per heavy atom. The quantitative estimate of drug-likeness (QED) is 0.653. The van der Waals surface area contributed by atoms with E-state index in [1.807, 2.05) is 0 Å². The number of ether oxygens (including phenoxy) is 1. The van der Waals surface area contributed by atoms with Crippen LogP contribution in [0.5, 0.6) is 0 Å². The van der Waals surface area contributed by atoms with Gasteiger partial charge in [-0.2, -0.15) is 9.61 Å². The number of anilines is 1. The molecular formula is C19H23N5O5. The van der Waals surface area contributed by atoms with Crippen LogP contribution in [0.15, 0.2) is 18.3 Å². The van der Waals surface area contributed by atoms with Gasteiger partial charge in [0, 0.05) is 18.7 Å². The molecule has 0 aromatic carbocycles. The molecule has 0 atom stereocenters. The summed E-state index contributed by atoms with van der Waals surface area (Å²) in [4.78, 5) is 39.8. The van der Waals surface area contributed by atoms with E-state index in [1.165, 1.54) is 23.9 Å². The first kappa shape index (κ1) is 19.2. The molecule has 0 radical (unpaired) electrons. The van der Waals surface area contributed by atoms with Crippen LogP contribution >= 0.6 is 0 Å². The first-order chi connectivity index (χ1) is 13.9. The Bertz CT molecular complexity index is 960. The zero-order valence-electron chi connectivity index (χ0n) is 16.1. The van der Waals surface area contributed by atoms with Gasteiger partial charge in [-0.15, -0.1) is 0 Å². The number of carbonyl (C=O) groups is 3. The second-order valence-corrected chi connectivity index (χ2v) is 8.01. The van der Waals surface area contributed by atoms with Crippen LogP contribution < -0.4 is 10.6 Å². The number of rotatable bonds is 5. The van der Waals surface area contributed by atoms with Gasteiger partial charge < -0.3 is 15.2 Å². The number of esters is 1. The van der Waals surface area contributed by atoms with E-state index in [2.05, 4.69) is 20.7 Å². The van der Waals surface area contributed by atoms with Crippen LogP contribution in [0.4, 0.5) is 10.6 Å². The molecule has 3 aliphatic rings. The first-order valence-electron chi connectivity index (χ1n) is 9.58. The van der Waals surface area contributed by atoms with Crippen molar-refractivity contribution in [1.82, 2.24) is 19.9 Å². The summed E-state index contributed by atoms with van der Waals surface area (Å²) in [6.07, 6.45) is 6.42. The maximum Gasteiger partial charge on any atom is 0.354 e. The zero-order chi connectivity index (χ0) is 20.6. The molecule has 0 saturated heterocycles. The summed E-state index contributed by atoms with van der Waals surface area (Å²) in [6, 6.07) is 2.40. The normalized spacial score (nSPS) is 25.6. The molecule has 0 spiro atoms. The monoisotopic (exact) mass is 401 g/mol. The fourth-order valence-corrected chi connectivity index (χ4v) is 4.59. The van der Waals surface area contributed by atoms with Crippen LogP contribution in [-0.4, -0.2) is 51.3 Å². The molecule has 2 heterocycles. The number of aromatic nitrogens is 3. The maximum absolute atomic E-state index is 12.5. The Morgan fingerprint density at radius 3 is 2.52 bits per heavy atom. The summed E-state index contributed by atoms with van der Waals surface area (Å²) in [5, 5.41) is 18.8. The van der Waals surface area contributed by atoms with Gasteiger partial charge >= 0.3 is 18.0 Å². The number of fused-ring (bicyclic) bond motifs is 4. The second-order valence-electron chi connectivity index (χ2n) is 8.01. The van der Waals surface area contributed by atoms with Crippen molar-refractivity contribution in [1.29, 1.82) is 0 Å². The Balaban J connectivity index is 1.41. The number of nitrogens with zero attached hydrogens (tertiary/aromatic N) is 3. The lowest BCUT2D eigenvalue weighted by Gasteiger charge is -2.51. The summed E-state index contributed by atoms with van der Waals surface area (Å²) in [5.41, 5.74) is -0.212. The predicted molar refractivity (Wildman–Crippen MR) is 102 cm³/mol. The first-order valence-corrected chi connectivity index (χ1v) is 9.58. The molecule has 5 rings (SSSR count). The third kappa shape index (κ3) is 3.39. The van der Waals surface area contributed by atoms with Crippen LogP contribution in [-0.2, 0) is 9.53 Å². The van der Waals surface area contributed by atoms with Crippen molar-refractivity contribution in [3.63, 3.8) is 0 Å². The van der Waals surface area contributed by atoms with Crippen molar-refractivity contribution in [2.75, 3.05) is 19.0 Å². The van der Waals surface area contributed by atoms with E-state index in [0.29, 0.717) is 12.2 Å². The lowest BCUT2D eigenvalue weighted by molar-refractivity contribution is -0.162. The maximum atomic E-state index is 12.5. The minimum Gasteiger partial charge on any atom is -0.477 e. The molecule has 3 N–H and O–H groups in total. The molecule has 3 aliphatic carbocycles. The van der Waals surface area contributed by atoms with Gasteiger partial charge in [0.2, 0.25) is 0 Å². The van der Waals surface area contributed by atoms with Crippen molar-refractivity contribution in [2.24, 2.45) is 10.8 Å².